The number of nitriles is 1. The molecule has 0 spiro atoms. The molecule has 154 valence electrons. The minimum absolute atomic E-state index is 0.0643. The normalized spacial score (nSPS) is 15.7. The Labute approximate surface area is 176 Å². The van der Waals surface area contributed by atoms with Crippen molar-refractivity contribution in [2.24, 2.45) is 0 Å². The van der Waals surface area contributed by atoms with Gasteiger partial charge in [0.2, 0.25) is 0 Å². The molecule has 0 bridgehead atoms. The number of nitrogens with zero attached hydrogens (tertiary/aromatic N) is 2. The molecule has 1 aromatic heterocycles. The Bertz CT molecular complexity index is 1140. The summed E-state index contributed by atoms with van der Waals surface area (Å²) in [6.45, 7) is 2.96. The first kappa shape index (κ1) is 20.4. The maximum atomic E-state index is 12.4. The van der Waals surface area contributed by atoms with Gasteiger partial charge in [-0.25, -0.2) is 4.98 Å². The van der Waals surface area contributed by atoms with Gasteiger partial charge < -0.3 is 4.74 Å². The second-order valence-electron chi connectivity index (χ2n) is 7.50. The lowest BCUT2D eigenvalue weighted by molar-refractivity contribution is -0.153. The van der Waals surface area contributed by atoms with E-state index >= 15 is 0 Å². The van der Waals surface area contributed by atoms with Gasteiger partial charge in [0.1, 0.15) is 16.8 Å². The summed E-state index contributed by atoms with van der Waals surface area (Å²) in [6.07, 6.45) is -0.465. The van der Waals surface area contributed by atoms with Crippen LogP contribution in [0, 0.1) is 18.3 Å². The van der Waals surface area contributed by atoms with E-state index in [0.29, 0.717) is 5.92 Å². The highest BCUT2D eigenvalue weighted by molar-refractivity contribution is 7.18. The van der Waals surface area contributed by atoms with Crippen LogP contribution < -0.4 is 4.74 Å². The SMILES string of the molecule is Cc1c(-c2ncc(-c3ccc(OCC(F)(F)F)c(C#N)c3)s2)ccc2c1CCC2C. The van der Waals surface area contributed by atoms with Crippen molar-refractivity contribution in [2.45, 2.75) is 38.8 Å². The van der Waals surface area contributed by atoms with E-state index in [4.69, 9.17) is 4.74 Å². The Balaban J connectivity index is 1.63. The van der Waals surface area contributed by atoms with Crippen molar-refractivity contribution in [2.75, 3.05) is 6.61 Å². The fourth-order valence-corrected chi connectivity index (χ4v) is 4.90. The highest BCUT2D eigenvalue weighted by atomic mass is 32.1. The molecule has 0 N–H and O–H groups in total. The molecule has 0 amide bonds. The molecule has 1 aliphatic rings. The van der Waals surface area contributed by atoms with E-state index in [2.05, 4.69) is 31.0 Å². The molecular formula is C23H19F3N2OS. The minimum Gasteiger partial charge on any atom is -0.483 e. The number of hydrogen-bond donors (Lipinski definition) is 0. The van der Waals surface area contributed by atoms with Gasteiger partial charge in [0.05, 0.1) is 10.4 Å². The van der Waals surface area contributed by atoms with Gasteiger partial charge in [0, 0.05) is 11.8 Å². The lowest BCUT2D eigenvalue weighted by Crippen LogP contribution is -2.19. The predicted molar refractivity (Wildman–Crippen MR) is 111 cm³/mol. The standard InChI is InChI=1S/C23H19F3N2OS/c1-13-3-5-18-14(2)19(7-6-17(13)18)22-28-11-21(30-22)15-4-8-20(16(9-15)10-27)29-12-23(24,25)26/h4,6-9,11,13H,3,5,12H2,1-2H3. The van der Waals surface area contributed by atoms with Gasteiger partial charge in [-0.2, -0.15) is 18.4 Å². The molecule has 3 aromatic rings. The summed E-state index contributed by atoms with van der Waals surface area (Å²) in [5, 5.41) is 10.2. The lowest BCUT2D eigenvalue weighted by atomic mass is 9.96. The van der Waals surface area contributed by atoms with Crippen molar-refractivity contribution < 1.29 is 17.9 Å². The van der Waals surface area contributed by atoms with Crippen LogP contribution in [0.4, 0.5) is 13.2 Å². The summed E-state index contributed by atoms with van der Waals surface area (Å²) >= 11 is 1.50. The van der Waals surface area contributed by atoms with Crippen LogP contribution in [0.3, 0.4) is 0 Å². The first-order valence-corrected chi connectivity index (χ1v) is 10.4. The highest BCUT2D eigenvalue weighted by Crippen LogP contribution is 2.41. The molecule has 1 aliphatic carbocycles. The molecule has 1 heterocycles. The summed E-state index contributed by atoms with van der Waals surface area (Å²) in [7, 11) is 0. The summed E-state index contributed by atoms with van der Waals surface area (Å²) in [6, 6.07) is 10.8. The largest absolute Gasteiger partial charge is 0.483 e. The van der Waals surface area contributed by atoms with E-state index in [9.17, 15) is 18.4 Å². The van der Waals surface area contributed by atoms with Crippen LogP contribution in [0.25, 0.3) is 21.0 Å². The quantitative estimate of drug-likeness (QED) is 0.467. The minimum atomic E-state index is -4.45. The zero-order valence-electron chi connectivity index (χ0n) is 16.5. The lowest BCUT2D eigenvalue weighted by Gasteiger charge is -2.11. The van der Waals surface area contributed by atoms with Crippen molar-refractivity contribution in [3.8, 4) is 32.8 Å². The van der Waals surface area contributed by atoms with Crippen molar-refractivity contribution in [1.29, 1.82) is 5.26 Å². The number of hydrogen-bond acceptors (Lipinski definition) is 4. The van der Waals surface area contributed by atoms with Crippen molar-refractivity contribution >= 4 is 11.3 Å². The van der Waals surface area contributed by atoms with E-state index in [0.717, 1.165) is 27.4 Å². The number of fused-ring (bicyclic) bond motifs is 1. The fraction of sp³-hybridized carbons (Fsp3) is 0.304. The van der Waals surface area contributed by atoms with Crippen molar-refractivity contribution in [3.63, 3.8) is 0 Å². The Morgan fingerprint density at radius 1 is 1.27 bits per heavy atom. The molecular weight excluding hydrogens is 409 g/mol. The van der Waals surface area contributed by atoms with Crippen LogP contribution in [0.1, 0.15) is 41.5 Å². The number of aromatic nitrogens is 1. The number of thiazole rings is 1. The number of halogens is 3. The maximum Gasteiger partial charge on any atom is 0.422 e. The van der Waals surface area contributed by atoms with E-state index in [-0.39, 0.29) is 11.3 Å². The van der Waals surface area contributed by atoms with Crippen LogP contribution in [-0.4, -0.2) is 17.8 Å². The molecule has 4 rings (SSSR count). The van der Waals surface area contributed by atoms with Crippen LogP contribution in [0.5, 0.6) is 5.75 Å². The van der Waals surface area contributed by atoms with Gasteiger partial charge >= 0.3 is 6.18 Å². The molecule has 2 aromatic carbocycles. The first-order chi connectivity index (χ1) is 14.3. The Hall–Kier alpha value is -2.85. The summed E-state index contributed by atoms with van der Waals surface area (Å²) in [5.74, 6) is 0.508. The summed E-state index contributed by atoms with van der Waals surface area (Å²) < 4.78 is 42.0. The maximum absolute atomic E-state index is 12.4. The Morgan fingerprint density at radius 3 is 2.80 bits per heavy atom. The third-order valence-electron chi connectivity index (χ3n) is 5.50. The van der Waals surface area contributed by atoms with E-state index in [1.165, 1.54) is 40.5 Å². The van der Waals surface area contributed by atoms with Crippen LogP contribution in [0.15, 0.2) is 36.5 Å². The molecule has 1 atom stereocenters. The molecule has 0 radical (unpaired) electrons. The predicted octanol–water partition coefficient (Wildman–Crippen LogP) is 6.65. The van der Waals surface area contributed by atoms with Gasteiger partial charge in [-0.05, 0) is 66.1 Å². The molecule has 3 nitrogen and oxygen atoms in total. The smallest absolute Gasteiger partial charge is 0.422 e. The number of alkyl halides is 3. The van der Waals surface area contributed by atoms with Crippen molar-refractivity contribution in [3.05, 3.63) is 58.8 Å². The van der Waals surface area contributed by atoms with Gasteiger partial charge in [0.15, 0.2) is 6.61 Å². The van der Waals surface area contributed by atoms with E-state index in [1.807, 2.05) is 6.07 Å². The van der Waals surface area contributed by atoms with Gasteiger partial charge in [-0.15, -0.1) is 11.3 Å². The Morgan fingerprint density at radius 2 is 2.07 bits per heavy atom. The number of rotatable bonds is 4. The molecule has 0 saturated carbocycles. The third kappa shape index (κ3) is 3.92. The summed E-state index contributed by atoms with van der Waals surface area (Å²) in [4.78, 5) is 5.41. The zero-order chi connectivity index (χ0) is 21.5. The second kappa shape index (κ2) is 7.77. The second-order valence-corrected chi connectivity index (χ2v) is 8.53. The average molecular weight is 428 g/mol. The number of ether oxygens (including phenoxy) is 1. The molecule has 0 fully saturated rings. The fourth-order valence-electron chi connectivity index (χ4n) is 3.91. The molecule has 1 unspecified atom stereocenters. The first-order valence-electron chi connectivity index (χ1n) is 9.59. The van der Waals surface area contributed by atoms with Crippen molar-refractivity contribution in [1.82, 2.24) is 4.98 Å². The van der Waals surface area contributed by atoms with Gasteiger partial charge in [0.25, 0.3) is 0 Å². The third-order valence-corrected chi connectivity index (χ3v) is 6.58. The van der Waals surface area contributed by atoms with E-state index < -0.39 is 12.8 Å². The summed E-state index contributed by atoms with van der Waals surface area (Å²) in [5.41, 5.74) is 5.98. The van der Waals surface area contributed by atoms with Gasteiger partial charge in [-0.3, -0.25) is 0 Å². The molecule has 30 heavy (non-hydrogen) atoms. The van der Waals surface area contributed by atoms with Gasteiger partial charge in [-0.1, -0.05) is 19.1 Å². The van der Waals surface area contributed by atoms with Crippen LogP contribution in [-0.2, 0) is 6.42 Å². The zero-order valence-corrected chi connectivity index (χ0v) is 17.3. The monoisotopic (exact) mass is 428 g/mol. The van der Waals surface area contributed by atoms with E-state index in [1.54, 1.807) is 18.3 Å². The van der Waals surface area contributed by atoms with Crippen LogP contribution >= 0.6 is 11.3 Å². The molecule has 7 heteroatoms. The topological polar surface area (TPSA) is 45.9 Å². The van der Waals surface area contributed by atoms with Crippen LogP contribution in [0.2, 0.25) is 0 Å². The highest BCUT2D eigenvalue weighted by Gasteiger charge is 2.29. The number of benzene rings is 2. The molecule has 0 saturated heterocycles. The molecule has 0 aliphatic heterocycles. The average Bonchev–Trinajstić information content (AvgIpc) is 3.34. The Kier molecular flexibility index (Phi) is 5.29.